The standard InChI is InChI=1S/C25H19Cl3F5N9O2/c1-11(12-4-5-12)35-21(43)15-7-13(26)8-17(28)19(15)36-22(44)18-9-14(38-42(18)20-16(27)3-2-6-34-20)10-41-23(37-39-40-41)24(29,30)25(31,32)33/h2-3,6-9,11-12H,4-5,10H2,1H3,(H,35,43)(H,36,44). The number of carbonyl (C=O) groups is 2. The molecule has 1 unspecified atom stereocenters. The van der Waals surface area contributed by atoms with Crippen LogP contribution in [0.15, 0.2) is 36.5 Å². The number of aromatic nitrogens is 7. The minimum atomic E-state index is -5.98. The fraction of sp³-hybridized carbons (Fsp3) is 0.320. The largest absolute Gasteiger partial charge is 0.461 e. The first kappa shape index (κ1) is 31.5. The zero-order valence-corrected chi connectivity index (χ0v) is 24.5. The third kappa shape index (κ3) is 6.32. The van der Waals surface area contributed by atoms with Crippen LogP contribution in [-0.2, 0) is 12.5 Å². The van der Waals surface area contributed by atoms with Gasteiger partial charge in [0.25, 0.3) is 11.8 Å². The van der Waals surface area contributed by atoms with Crippen molar-refractivity contribution < 1.29 is 31.5 Å². The maximum Gasteiger partial charge on any atom is 0.461 e. The van der Waals surface area contributed by atoms with E-state index in [1.165, 1.54) is 30.5 Å². The molecule has 1 aliphatic rings. The number of carbonyl (C=O) groups excluding carboxylic acids is 2. The van der Waals surface area contributed by atoms with Gasteiger partial charge in [0, 0.05) is 17.3 Å². The third-order valence-corrected chi connectivity index (χ3v) is 7.45. The summed E-state index contributed by atoms with van der Waals surface area (Å²) in [5.74, 6) is -8.41. The molecule has 3 heterocycles. The first-order valence-electron chi connectivity index (χ1n) is 12.7. The van der Waals surface area contributed by atoms with Crippen molar-refractivity contribution in [2.24, 2.45) is 5.92 Å². The maximum atomic E-state index is 14.1. The van der Waals surface area contributed by atoms with E-state index in [4.69, 9.17) is 34.8 Å². The Labute approximate surface area is 259 Å². The summed E-state index contributed by atoms with van der Waals surface area (Å²) in [6.45, 7) is 1.04. The normalized spacial score (nSPS) is 14.4. The Bertz CT molecular complexity index is 1740. The summed E-state index contributed by atoms with van der Waals surface area (Å²) in [5.41, 5.74) is -0.669. The lowest BCUT2D eigenvalue weighted by Gasteiger charge is -2.18. The lowest BCUT2D eigenvalue weighted by Crippen LogP contribution is -2.36. The first-order chi connectivity index (χ1) is 20.7. The minimum absolute atomic E-state index is 0.0153. The van der Waals surface area contributed by atoms with Crippen LogP contribution in [0.5, 0.6) is 0 Å². The van der Waals surface area contributed by atoms with E-state index >= 15 is 0 Å². The summed E-state index contributed by atoms with van der Waals surface area (Å²) in [7, 11) is 0. The van der Waals surface area contributed by atoms with Gasteiger partial charge in [0.1, 0.15) is 5.69 Å². The molecule has 4 aromatic rings. The molecule has 1 atom stereocenters. The van der Waals surface area contributed by atoms with Gasteiger partial charge >= 0.3 is 12.1 Å². The van der Waals surface area contributed by atoms with E-state index in [2.05, 4.69) is 36.2 Å². The van der Waals surface area contributed by atoms with Crippen molar-refractivity contribution in [3.63, 3.8) is 0 Å². The first-order valence-corrected chi connectivity index (χ1v) is 13.8. The number of benzene rings is 1. The number of tetrazole rings is 1. The number of hydrogen-bond acceptors (Lipinski definition) is 7. The predicted octanol–water partition coefficient (Wildman–Crippen LogP) is 5.70. The Morgan fingerprint density at radius 3 is 2.45 bits per heavy atom. The summed E-state index contributed by atoms with van der Waals surface area (Å²) >= 11 is 18.8. The highest BCUT2D eigenvalue weighted by Crippen LogP contribution is 2.42. The lowest BCUT2D eigenvalue weighted by molar-refractivity contribution is -0.293. The summed E-state index contributed by atoms with van der Waals surface area (Å²) in [6, 6.07) is 6.46. The molecule has 2 N–H and O–H groups in total. The van der Waals surface area contributed by atoms with Crippen molar-refractivity contribution >= 4 is 52.3 Å². The molecule has 232 valence electrons. The molecule has 0 aliphatic heterocycles. The highest BCUT2D eigenvalue weighted by Gasteiger charge is 2.62. The summed E-state index contributed by atoms with van der Waals surface area (Å²) in [5, 5.41) is 18.6. The van der Waals surface area contributed by atoms with Crippen LogP contribution >= 0.6 is 34.8 Å². The van der Waals surface area contributed by atoms with Gasteiger partial charge in [-0.15, -0.1) is 5.10 Å². The van der Waals surface area contributed by atoms with Crippen LogP contribution in [0, 0.1) is 5.92 Å². The Morgan fingerprint density at radius 1 is 1.07 bits per heavy atom. The number of anilines is 1. The van der Waals surface area contributed by atoms with Crippen LogP contribution in [0.25, 0.3) is 5.82 Å². The molecule has 5 rings (SSSR count). The molecule has 11 nitrogen and oxygen atoms in total. The minimum Gasteiger partial charge on any atom is -0.349 e. The maximum absolute atomic E-state index is 14.1. The average Bonchev–Trinajstić information content (AvgIpc) is 3.55. The Hall–Kier alpha value is -3.89. The number of nitrogens with zero attached hydrogens (tertiary/aromatic N) is 7. The molecule has 0 spiro atoms. The van der Waals surface area contributed by atoms with Gasteiger partial charge in [-0.25, -0.2) is 14.3 Å². The van der Waals surface area contributed by atoms with E-state index in [1.807, 2.05) is 6.92 Å². The molecular formula is C25H19Cl3F5N9O2. The summed E-state index contributed by atoms with van der Waals surface area (Å²) in [4.78, 5) is 30.9. The van der Waals surface area contributed by atoms with Crippen LogP contribution in [0.1, 0.15) is 52.1 Å². The van der Waals surface area contributed by atoms with Crippen molar-refractivity contribution in [2.45, 2.75) is 44.5 Å². The zero-order valence-electron chi connectivity index (χ0n) is 22.2. The van der Waals surface area contributed by atoms with Crippen LogP contribution in [0.3, 0.4) is 0 Å². The monoisotopic (exact) mass is 677 g/mol. The predicted molar refractivity (Wildman–Crippen MR) is 147 cm³/mol. The number of halogens is 8. The Morgan fingerprint density at radius 2 is 1.80 bits per heavy atom. The van der Waals surface area contributed by atoms with E-state index in [-0.39, 0.29) is 54.2 Å². The van der Waals surface area contributed by atoms with Gasteiger partial charge in [0.15, 0.2) is 5.82 Å². The van der Waals surface area contributed by atoms with Crippen molar-refractivity contribution in [1.29, 1.82) is 0 Å². The molecule has 1 saturated carbocycles. The van der Waals surface area contributed by atoms with Gasteiger partial charge in [-0.1, -0.05) is 34.8 Å². The average molecular weight is 679 g/mol. The van der Waals surface area contributed by atoms with E-state index in [0.29, 0.717) is 5.92 Å². The highest BCUT2D eigenvalue weighted by molar-refractivity contribution is 6.38. The number of amides is 2. The Balaban J connectivity index is 1.52. The Kier molecular flexibility index (Phi) is 8.52. The molecule has 0 radical (unpaired) electrons. The number of rotatable bonds is 9. The fourth-order valence-corrected chi connectivity index (χ4v) is 4.98. The van der Waals surface area contributed by atoms with E-state index in [9.17, 15) is 31.5 Å². The van der Waals surface area contributed by atoms with Gasteiger partial charge in [-0.05, 0) is 66.4 Å². The second kappa shape index (κ2) is 11.9. The van der Waals surface area contributed by atoms with Gasteiger partial charge in [-0.3, -0.25) is 9.59 Å². The van der Waals surface area contributed by atoms with Gasteiger partial charge < -0.3 is 10.6 Å². The lowest BCUT2D eigenvalue weighted by atomic mass is 10.1. The molecular weight excluding hydrogens is 660 g/mol. The molecule has 1 aromatic carbocycles. The van der Waals surface area contributed by atoms with Gasteiger partial charge in [0.2, 0.25) is 5.82 Å². The van der Waals surface area contributed by atoms with E-state index in [1.54, 1.807) is 0 Å². The smallest absolute Gasteiger partial charge is 0.349 e. The summed E-state index contributed by atoms with van der Waals surface area (Å²) < 4.78 is 68.3. The number of pyridine rings is 1. The van der Waals surface area contributed by atoms with Crippen molar-refractivity contribution in [1.82, 2.24) is 40.3 Å². The molecule has 2 amide bonds. The van der Waals surface area contributed by atoms with Crippen molar-refractivity contribution in [3.05, 3.63) is 74.4 Å². The quantitative estimate of drug-likeness (QED) is 0.217. The third-order valence-electron chi connectivity index (χ3n) is 6.64. The topological polar surface area (TPSA) is 133 Å². The SMILES string of the molecule is CC(NC(=O)c1cc(Cl)cc(Cl)c1NC(=O)c1cc(Cn2nnnc2C(F)(F)C(F)(F)F)nn1-c1ncccc1Cl)C1CC1. The number of nitrogens with one attached hydrogen (secondary N) is 2. The molecule has 0 bridgehead atoms. The second-order valence-electron chi connectivity index (χ2n) is 9.84. The zero-order chi connectivity index (χ0) is 32.0. The second-order valence-corrected chi connectivity index (χ2v) is 11.1. The fourth-order valence-electron chi connectivity index (χ4n) is 4.24. The highest BCUT2D eigenvalue weighted by atomic mass is 35.5. The molecule has 1 aliphatic carbocycles. The molecule has 44 heavy (non-hydrogen) atoms. The molecule has 0 saturated heterocycles. The van der Waals surface area contributed by atoms with E-state index in [0.717, 1.165) is 23.6 Å². The van der Waals surface area contributed by atoms with Crippen LogP contribution in [-0.4, -0.2) is 59.0 Å². The number of hydrogen-bond donors (Lipinski definition) is 2. The number of alkyl halides is 5. The van der Waals surface area contributed by atoms with Crippen molar-refractivity contribution in [3.8, 4) is 5.82 Å². The molecule has 3 aromatic heterocycles. The van der Waals surface area contributed by atoms with Gasteiger partial charge in [0.05, 0.1) is 33.5 Å². The van der Waals surface area contributed by atoms with Gasteiger partial charge in [-0.2, -0.15) is 27.1 Å². The van der Waals surface area contributed by atoms with Crippen LogP contribution in [0.2, 0.25) is 15.1 Å². The summed E-state index contributed by atoms with van der Waals surface area (Å²) in [6.07, 6.45) is -2.73. The molecule has 1 fully saturated rings. The van der Waals surface area contributed by atoms with Crippen molar-refractivity contribution in [2.75, 3.05) is 5.32 Å². The molecule has 19 heteroatoms. The van der Waals surface area contributed by atoms with Crippen LogP contribution < -0.4 is 10.6 Å². The van der Waals surface area contributed by atoms with E-state index < -0.39 is 36.3 Å². The van der Waals surface area contributed by atoms with Crippen LogP contribution in [0.4, 0.5) is 27.6 Å².